The van der Waals surface area contributed by atoms with Crippen molar-refractivity contribution in [1.82, 2.24) is 0 Å². The first-order valence-electron chi connectivity index (χ1n) is 22.8. The monoisotopic (exact) mass is 860 g/mol. The number of phosphoric ester groups is 1. The molecule has 0 aliphatic heterocycles. The lowest BCUT2D eigenvalue weighted by molar-refractivity contribution is -0.161. The van der Waals surface area contributed by atoms with Crippen molar-refractivity contribution in [2.75, 3.05) is 26.4 Å². The van der Waals surface area contributed by atoms with Gasteiger partial charge in [0.1, 0.15) is 6.61 Å². The van der Waals surface area contributed by atoms with E-state index in [1.807, 2.05) is 42.5 Å². The lowest BCUT2D eigenvalue weighted by Crippen LogP contribution is -2.29. The van der Waals surface area contributed by atoms with E-state index in [0.29, 0.717) is 19.3 Å². The molecule has 0 saturated heterocycles. The standard InChI is InChI=1S/C49H82NO9P/c1-3-5-7-8-9-10-11-12-13-14-15-16-17-20-24-27-30-33-37-41-49(53)59-47(45-58-60(54,55)57-43-42-50)44-56-48(52)40-36-32-29-26-23-21-18-19-22-25-28-31-35-39-46(51)38-34-6-4-2/h6,9-10,12-13,19,21-23,28-29,31-32,34-35,39,46-47,51H,3-5,7-8,11,14-18,20,24-27,30,33,36-38,40-45,50H2,1-2H3,(H,54,55)/b10-9-,13-12-,22-19-,23-21-,31-28+,32-29-,34-6-,39-35+/t46?,47-/m1/s1. The molecule has 4 N–H and O–H groups in total. The number of allylic oxidation sites excluding steroid dienone is 14. The number of unbranched alkanes of at least 4 members (excludes halogenated alkanes) is 12. The minimum absolute atomic E-state index is 0.0319. The third-order valence-corrected chi connectivity index (χ3v) is 10.0. The van der Waals surface area contributed by atoms with Crippen LogP contribution in [0.15, 0.2) is 97.2 Å². The number of rotatable bonds is 41. The molecule has 60 heavy (non-hydrogen) atoms. The normalized spacial score (nSPS) is 14.7. The summed E-state index contributed by atoms with van der Waals surface area (Å²) < 4.78 is 32.7. The molecule has 2 unspecified atom stereocenters. The zero-order valence-corrected chi connectivity index (χ0v) is 38.2. The Morgan fingerprint density at radius 2 is 1.15 bits per heavy atom. The number of ether oxygens (including phenoxy) is 2. The second-order valence-corrected chi connectivity index (χ2v) is 16.2. The quantitative estimate of drug-likeness (QED) is 0.0178. The molecule has 10 nitrogen and oxygen atoms in total. The molecule has 0 radical (unpaired) electrons. The minimum atomic E-state index is -4.41. The molecular weight excluding hydrogens is 778 g/mol. The number of aliphatic hydroxyl groups is 1. The van der Waals surface area contributed by atoms with Crippen LogP contribution in [0.1, 0.15) is 162 Å². The molecule has 0 aromatic carbocycles. The Balaban J connectivity index is 4.30. The predicted octanol–water partition coefficient (Wildman–Crippen LogP) is 12.4. The molecule has 0 aromatic rings. The van der Waals surface area contributed by atoms with Crippen molar-refractivity contribution in [1.29, 1.82) is 0 Å². The maximum atomic E-state index is 12.6. The van der Waals surface area contributed by atoms with Crippen LogP contribution in [-0.4, -0.2) is 60.5 Å². The molecule has 0 aliphatic carbocycles. The molecule has 3 atom stereocenters. The highest BCUT2D eigenvalue weighted by Gasteiger charge is 2.25. The number of phosphoric acid groups is 1. The minimum Gasteiger partial charge on any atom is -0.462 e. The van der Waals surface area contributed by atoms with Crippen molar-refractivity contribution in [3.63, 3.8) is 0 Å². The molecule has 0 rings (SSSR count). The van der Waals surface area contributed by atoms with Crippen molar-refractivity contribution in [2.45, 2.75) is 174 Å². The third kappa shape index (κ3) is 43.0. The van der Waals surface area contributed by atoms with Crippen LogP contribution >= 0.6 is 7.82 Å². The summed E-state index contributed by atoms with van der Waals surface area (Å²) >= 11 is 0. The van der Waals surface area contributed by atoms with Gasteiger partial charge in [-0.15, -0.1) is 0 Å². The first-order valence-corrected chi connectivity index (χ1v) is 24.3. The van der Waals surface area contributed by atoms with Gasteiger partial charge in [-0.2, -0.15) is 0 Å². The summed E-state index contributed by atoms with van der Waals surface area (Å²) in [6.45, 7) is 3.38. The molecule has 0 heterocycles. The second kappa shape index (κ2) is 44.0. The summed E-state index contributed by atoms with van der Waals surface area (Å²) in [7, 11) is -4.41. The summed E-state index contributed by atoms with van der Waals surface area (Å²) in [5.74, 6) is -0.960. The Kier molecular flexibility index (Phi) is 41.7. The van der Waals surface area contributed by atoms with Crippen LogP contribution in [0, 0.1) is 0 Å². The van der Waals surface area contributed by atoms with E-state index >= 15 is 0 Å². The van der Waals surface area contributed by atoms with E-state index in [2.05, 4.69) is 62.5 Å². The summed E-state index contributed by atoms with van der Waals surface area (Å²) in [6, 6.07) is 0. The highest BCUT2D eigenvalue weighted by Crippen LogP contribution is 2.43. The maximum Gasteiger partial charge on any atom is 0.472 e. The van der Waals surface area contributed by atoms with Crippen LogP contribution in [0.3, 0.4) is 0 Å². The Morgan fingerprint density at radius 1 is 0.600 bits per heavy atom. The van der Waals surface area contributed by atoms with Crippen LogP contribution in [0.2, 0.25) is 0 Å². The zero-order valence-electron chi connectivity index (χ0n) is 37.3. The molecule has 0 bridgehead atoms. The largest absolute Gasteiger partial charge is 0.472 e. The van der Waals surface area contributed by atoms with Gasteiger partial charge in [0.05, 0.1) is 19.3 Å². The summed E-state index contributed by atoms with van der Waals surface area (Å²) in [5.41, 5.74) is 5.35. The maximum absolute atomic E-state index is 12.6. The van der Waals surface area contributed by atoms with Crippen LogP contribution < -0.4 is 5.73 Å². The molecule has 0 aromatic heterocycles. The fourth-order valence-corrected chi connectivity index (χ4v) is 6.42. The molecule has 342 valence electrons. The predicted molar refractivity (Wildman–Crippen MR) is 248 cm³/mol. The van der Waals surface area contributed by atoms with Gasteiger partial charge in [-0.1, -0.05) is 169 Å². The number of nitrogens with two attached hydrogens (primary N) is 1. The number of hydrogen-bond donors (Lipinski definition) is 3. The smallest absolute Gasteiger partial charge is 0.462 e. The summed E-state index contributed by atoms with van der Waals surface area (Å²) in [6.07, 6.45) is 53.5. The van der Waals surface area contributed by atoms with Crippen LogP contribution in [0.25, 0.3) is 0 Å². The number of carbonyl (C=O) groups excluding carboxylic acids is 2. The molecule has 0 fully saturated rings. The van der Waals surface area contributed by atoms with Gasteiger partial charge < -0.3 is 25.2 Å². The Hall–Kier alpha value is -3.11. The van der Waals surface area contributed by atoms with Crippen molar-refractivity contribution in [3.05, 3.63) is 97.2 Å². The highest BCUT2D eigenvalue weighted by atomic mass is 31.2. The fraction of sp³-hybridized carbons (Fsp3) is 0.633. The molecule has 0 amide bonds. The van der Waals surface area contributed by atoms with E-state index in [1.54, 1.807) is 6.08 Å². The topological polar surface area (TPSA) is 155 Å². The van der Waals surface area contributed by atoms with E-state index in [4.69, 9.17) is 24.3 Å². The second-order valence-electron chi connectivity index (χ2n) is 14.7. The Morgan fingerprint density at radius 3 is 1.75 bits per heavy atom. The van der Waals surface area contributed by atoms with Gasteiger partial charge in [0.25, 0.3) is 0 Å². The highest BCUT2D eigenvalue weighted by molar-refractivity contribution is 7.47. The van der Waals surface area contributed by atoms with E-state index < -0.39 is 38.6 Å². The Bertz CT molecular complexity index is 1320. The summed E-state index contributed by atoms with van der Waals surface area (Å²) in [5, 5.41) is 9.84. The van der Waals surface area contributed by atoms with Gasteiger partial charge in [-0.25, -0.2) is 4.57 Å². The zero-order chi connectivity index (χ0) is 44.0. The van der Waals surface area contributed by atoms with Crippen molar-refractivity contribution < 1.29 is 42.7 Å². The molecule has 0 aliphatic rings. The van der Waals surface area contributed by atoms with Gasteiger partial charge in [0, 0.05) is 19.4 Å². The molecular formula is C49H82NO9P. The van der Waals surface area contributed by atoms with Crippen LogP contribution in [-0.2, 0) is 32.7 Å². The fourth-order valence-electron chi connectivity index (χ4n) is 5.66. The molecule has 0 saturated carbocycles. The first kappa shape index (κ1) is 56.9. The van der Waals surface area contributed by atoms with Crippen molar-refractivity contribution in [2.24, 2.45) is 5.73 Å². The van der Waals surface area contributed by atoms with Crippen molar-refractivity contribution in [3.8, 4) is 0 Å². The first-order chi connectivity index (χ1) is 29.2. The van der Waals surface area contributed by atoms with E-state index in [-0.39, 0.29) is 32.6 Å². The van der Waals surface area contributed by atoms with E-state index in [1.165, 1.54) is 57.8 Å². The number of hydrogen-bond acceptors (Lipinski definition) is 9. The van der Waals surface area contributed by atoms with Gasteiger partial charge >= 0.3 is 19.8 Å². The molecule has 11 heteroatoms. The van der Waals surface area contributed by atoms with E-state index in [0.717, 1.165) is 57.8 Å². The summed E-state index contributed by atoms with van der Waals surface area (Å²) in [4.78, 5) is 34.9. The third-order valence-electron chi connectivity index (χ3n) is 9.05. The van der Waals surface area contributed by atoms with Gasteiger partial charge in [0.15, 0.2) is 6.10 Å². The number of aliphatic hydroxyl groups excluding tert-OH is 1. The van der Waals surface area contributed by atoms with Gasteiger partial charge in [-0.05, 0) is 77.0 Å². The van der Waals surface area contributed by atoms with Crippen molar-refractivity contribution >= 4 is 19.8 Å². The van der Waals surface area contributed by atoms with Gasteiger partial charge in [0.2, 0.25) is 0 Å². The van der Waals surface area contributed by atoms with E-state index in [9.17, 15) is 24.2 Å². The van der Waals surface area contributed by atoms with Crippen LogP contribution in [0.5, 0.6) is 0 Å². The molecule has 0 spiro atoms. The van der Waals surface area contributed by atoms with Crippen LogP contribution in [0.4, 0.5) is 0 Å². The SMILES string of the molecule is CC/C=C\CC(O)/C=C/C=C/C/C=C\C/C=C\C/C=C\CCC(=O)OC[C@H](COP(=O)(O)OCCN)OC(=O)CCCCCCCCCCC/C=C\C/C=C\CCCCC. The lowest BCUT2D eigenvalue weighted by atomic mass is 10.1. The average Bonchev–Trinajstić information content (AvgIpc) is 3.23. The number of carbonyl (C=O) groups is 2. The van der Waals surface area contributed by atoms with Gasteiger partial charge in [-0.3, -0.25) is 18.6 Å². The Labute approximate surface area is 364 Å². The average molecular weight is 860 g/mol. The lowest BCUT2D eigenvalue weighted by Gasteiger charge is -2.19. The number of esters is 2.